The van der Waals surface area contributed by atoms with Gasteiger partial charge in [0.15, 0.2) is 0 Å². The molecule has 2 amide bonds. The highest BCUT2D eigenvalue weighted by Gasteiger charge is 2.65. The van der Waals surface area contributed by atoms with Gasteiger partial charge in [-0.3, -0.25) is 0 Å². The van der Waals surface area contributed by atoms with E-state index in [1.54, 1.807) is 30.2 Å². The average molecular weight is 900 g/mol. The Morgan fingerprint density at radius 3 is 2.31 bits per heavy atom. The number of likely N-dealkylation sites (N-methyl/N-ethyl adjacent to an activating group) is 1. The minimum Gasteiger partial charge on any atom is -0.459 e. The first-order valence-corrected chi connectivity index (χ1v) is 24.5. The van der Waals surface area contributed by atoms with Gasteiger partial charge in [0.1, 0.15) is 24.1 Å². The summed E-state index contributed by atoms with van der Waals surface area (Å²) < 4.78 is 25.9. The zero-order valence-electron chi connectivity index (χ0n) is 39.3. The van der Waals surface area contributed by atoms with Gasteiger partial charge in [-0.15, -0.1) is 13.2 Å². The van der Waals surface area contributed by atoms with Crippen molar-refractivity contribution in [2.75, 3.05) is 40.0 Å². The zero-order valence-corrected chi connectivity index (χ0v) is 39.3. The van der Waals surface area contributed by atoms with Crippen molar-refractivity contribution in [2.45, 2.75) is 147 Å². The van der Waals surface area contributed by atoms with Crippen molar-refractivity contribution in [3.05, 3.63) is 96.6 Å². The van der Waals surface area contributed by atoms with Gasteiger partial charge in [-0.2, -0.15) is 0 Å². The second kappa shape index (κ2) is 27.7. The van der Waals surface area contributed by atoms with Gasteiger partial charge in [-0.1, -0.05) is 131 Å². The summed E-state index contributed by atoms with van der Waals surface area (Å²) in [6, 6.07) is 14.6. The van der Waals surface area contributed by atoms with E-state index >= 15 is 0 Å². The highest BCUT2D eigenvalue weighted by Crippen LogP contribution is 2.61. The molecule has 5 rings (SSSR count). The number of allylic oxidation sites excluding steroid dienone is 1. The quantitative estimate of drug-likeness (QED) is 0.0396. The van der Waals surface area contributed by atoms with Crippen LogP contribution in [0.25, 0.3) is 0 Å². The number of benzene rings is 2. The first kappa shape index (κ1) is 51.3. The Balaban J connectivity index is 1.52. The van der Waals surface area contributed by atoms with Crippen LogP contribution in [0, 0.1) is 17.8 Å². The van der Waals surface area contributed by atoms with E-state index in [-0.39, 0.29) is 57.2 Å². The summed E-state index contributed by atoms with van der Waals surface area (Å²) in [4.78, 5) is 34.9. The summed E-state index contributed by atoms with van der Waals surface area (Å²) in [6.45, 7) is 11.3. The van der Waals surface area contributed by atoms with Gasteiger partial charge in [0, 0.05) is 44.7 Å². The third kappa shape index (κ3) is 14.4. The van der Waals surface area contributed by atoms with Crippen LogP contribution in [0.1, 0.15) is 140 Å². The molecule has 1 fully saturated rings. The Labute approximate surface area is 388 Å². The van der Waals surface area contributed by atoms with Crippen LogP contribution < -0.4 is 14.8 Å². The van der Waals surface area contributed by atoms with Gasteiger partial charge >= 0.3 is 12.2 Å². The van der Waals surface area contributed by atoms with E-state index in [9.17, 15) is 19.8 Å². The molecule has 3 aliphatic rings. The van der Waals surface area contributed by atoms with E-state index in [0.29, 0.717) is 43.0 Å². The van der Waals surface area contributed by atoms with E-state index in [1.165, 1.54) is 44.9 Å². The fourth-order valence-electron chi connectivity index (χ4n) is 9.95. The minimum absolute atomic E-state index is 0.0128. The zero-order chi connectivity index (χ0) is 46.3. The molecule has 12 nitrogen and oxygen atoms in total. The maximum Gasteiger partial charge on any atom is 0.412 e. The number of hydrogen-bond acceptors (Lipinski definition) is 10. The van der Waals surface area contributed by atoms with E-state index in [0.717, 1.165) is 61.6 Å². The molecule has 0 saturated heterocycles. The van der Waals surface area contributed by atoms with Gasteiger partial charge in [-0.25, -0.2) is 9.59 Å². The molecule has 358 valence electrons. The predicted molar refractivity (Wildman–Crippen MR) is 256 cm³/mol. The van der Waals surface area contributed by atoms with Crippen LogP contribution in [0.4, 0.5) is 9.59 Å². The molecule has 1 heterocycles. The summed E-state index contributed by atoms with van der Waals surface area (Å²) in [5.74, 6) is -1.19. The van der Waals surface area contributed by atoms with Crippen molar-refractivity contribution in [1.29, 1.82) is 0 Å². The number of unbranched alkanes of at least 4 members (excludes halogenated alkanes) is 11. The summed E-state index contributed by atoms with van der Waals surface area (Å²) in [6.07, 6.45) is 22.0. The topological polar surface area (TPSA) is 148 Å². The molecule has 0 spiro atoms. The number of ether oxygens (including phenoxy) is 4. The van der Waals surface area contributed by atoms with Crippen molar-refractivity contribution < 1.29 is 43.6 Å². The van der Waals surface area contributed by atoms with Crippen molar-refractivity contribution in [3.8, 4) is 11.5 Å². The lowest BCUT2D eigenvalue weighted by atomic mass is 9.55. The Morgan fingerprint density at radius 1 is 0.908 bits per heavy atom. The van der Waals surface area contributed by atoms with Crippen LogP contribution >= 0.6 is 0 Å². The lowest BCUT2D eigenvalue weighted by molar-refractivity contribution is -0.253. The van der Waals surface area contributed by atoms with E-state index in [4.69, 9.17) is 28.9 Å². The number of nitrogens with one attached hydrogen (secondary N) is 1. The van der Waals surface area contributed by atoms with Crippen molar-refractivity contribution in [2.24, 2.45) is 22.9 Å². The molecule has 0 bridgehead atoms. The van der Waals surface area contributed by atoms with Crippen LogP contribution in [-0.4, -0.2) is 84.9 Å². The maximum absolute atomic E-state index is 13.9. The molecule has 2 aromatic carbocycles. The summed E-state index contributed by atoms with van der Waals surface area (Å²) in [7, 11) is 1.70. The van der Waals surface area contributed by atoms with Crippen LogP contribution in [-0.2, 0) is 20.9 Å². The third-order valence-corrected chi connectivity index (χ3v) is 13.2. The van der Waals surface area contributed by atoms with Gasteiger partial charge in [0.25, 0.3) is 0 Å². The molecule has 0 aromatic heterocycles. The van der Waals surface area contributed by atoms with Crippen LogP contribution in [0.3, 0.4) is 0 Å². The third-order valence-electron chi connectivity index (χ3n) is 13.2. The lowest BCUT2D eigenvalue weighted by Gasteiger charge is -2.59. The first-order chi connectivity index (χ1) is 31.8. The second-order valence-corrected chi connectivity index (χ2v) is 17.8. The highest BCUT2D eigenvalue weighted by atomic mass is 16.7. The SMILES string of the molecule is C=CCCOC(=O)N(C)C1CC(=NOCc2ccccc2)C2=CC(CCCCO)C(CCCCO)C3c4cc(OC(=O)NCCCCCCCCCCCC)ccc4OC1(OCC=C)C23. The Bertz CT molecular complexity index is 1840. The van der Waals surface area contributed by atoms with Crippen LogP contribution in [0.15, 0.2) is 90.6 Å². The molecular formula is C53H77N3O9. The number of hydrogen-bond donors (Lipinski definition) is 3. The molecule has 6 atom stereocenters. The molecule has 0 radical (unpaired) electrons. The second-order valence-electron chi connectivity index (χ2n) is 17.8. The van der Waals surface area contributed by atoms with Crippen molar-refractivity contribution in [1.82, 2.24) is 10.2 Å². The maximum atomic E-state index is 13.9. The fraction of sp³-hybridized carbons (Fsp3) is 0.604. The van der Waals surface area contributed by atoms with Crippen molar-refractivity contribution in [3.63, 3.8) is 0 Å². The molecule has 1 aliphatic heterocycles. The monoisotopic (exact) mass is 900 g/mol. The normalized spacial score (nSPS) is 22.4. The minimum atomic E-state index is -1.43. The summed E-state index contributed by atoms with van der Waals surface area (Å²) >= 11 is 0. The highest BCUT2D eigenvalue weighted by molar-refractivity contribution is 6.03. The number of fused-ring (bicyclic) bond motifs is 2. The number of carbonyl (C=O) groups is 2. The van der Waals surface area contributed by atoms with Gasteiger partial charge in [-0.05, 0) is 79.7 Å². The van der Waals surface area contributed by atoms with E-state index in [2.05, 4.69) is 31.5 Å². The van der Waals surface area contributed by atoms with Crippen molar-refractivity contribution >= 4 is 17.9 Å². The molecular weight excluding hydrogens is 823 g/mol. The molecule has 1 saturated carbocycles. The molecule has 6 unspecified atom stereocenters. The molecule has 65 heavy (non-hydrogen) atoms. The molecule has 12 heteroatoms. The predicted octanol–water partition coefficient (Wildman–Crippen LogP) is 11.2. The number of amides is 2. The summed E-state index contributed by atoms with van der Waals surface area (Å²) in [5.41, 5.74) is 3.42. The standard InChI is InChI=1S/C53H77N3O9/c1-5-8-10-11-12-13-14-15-16-22-31-54-51(59)64-42-29-30-47-45(37-42)49-43(28-21-24-33-58)41(27-20-23-32-57)36-44-46(55-63-39-40-25-18-17-19-26-40)38-48(56(4)52(60)61-35-9-6-2)53(65-47,50(44)49)62-34-7-3/h6-7,17-19,25-26,29-30,36-37,41,43,48-50,57-58H,2-3,5,8-16,20-24,27-28,31-35,38-39H2,1,4H3,(H,54,59). The smallest absolute Gasteiger partial charge is 0.412 e. The number of rotatable bonds is 30. The van der Waals surface area contributed by atoms with Crippen LogP contribution in [0.2, 0.25) is 0 Å². The Morgan fingerprint density at radius 2 is 1.62 bits per heavy atom. The Kier molecular flexibility index (Phi) is 21.9. The van der Waals surface area contributed by atoms with Gasteiger partial charge < -0.3 is 44.2 Å². The number of nitrogens with zero attached hydrogens (tertiary/aromatic N) is 2. The number of oxime groups is 1. The Hall–Kier alpha value is -4.65. The fourth-order valence-corrected chi connectivity index (χ4v) is 9.95. The number of aliphatic hydroxyl groups excluding tert-OH is 2. The lowest BCUT2D eigenvalue weighted by Crippen LogP contribution is -2.69. The van der Waals surface area contributed by atoms with E-state index in [1.807, 2.05) is 42.5 Å². The average Bonchev–Trinajstić information content (AvgIpc) is 3.31. The van der Waals surface area contributed by atoms with Gasteiger partial charge in [0.05, 0.1) is 24.8 Å². The van der Waals surface area contributed by atoms with Crippen LogP contribution in [0.5, 0.6) is 11.5 Å². The van der Waals surface area contributed by atoms with Gasteiger partial charge in [0.2, 0.25) is 5.79 Å². The largest absolute Gasteiger partial charge is 0.459 e. The number of carbonyl (C=O) groups excluding carboxylic acids is 2. The summed E-state index contributed by atoms with van der Waals surface area (Å²) in [5, 5.41) is 27.7. The molecule has 3 N–H and O–H groups in total. The first-order valence-electron chi connectivity index (χ1n) is 24.5. The van der Waals surface area contributed by atoms with E-state index < -0.39 is 29.9 Å². The molecule has 2 aliphatic carbocycles. The number of aliphatic hydroxyl groups is 2. The molecule has 2 aromatic rings.